The quantitative estimate of drug-likeness (QED) is 0.766. The summed E-state index contributed by atoms with van der Waals surface area (Å²) in [7, 11) is 0. The van der Waals surface area contributed by atoms with Crippen LogP contribution in [0.5, 0.6) is 0 Å². The number of likely N-dealkylation sites (tertiary alicyclic amines) is 1. The van der Waals surface area contributed by atoms with Crippen molar-refractivity contribution in [3.8, 4) is 0 Å². The summed E-state index contributed by atoms with van der Waals surface area (Å²) in [5.74, 6) is 0.729. The summed E-state index contributed by atoms with van der Waals surface area (Å²) in [6, 6.07) is 0.980. The molecular weight excluding hydrogens is 264 g/mol. The smallest absolute Gasteiger partial charge is 0.317 e. The van der Waals surface area contributed by atoms with E-state index in [0.717, 1.165) is 18.8 Å². The standard InChI is InChI=1S/C17H32N2O2/c1-13-11-14-7-4-5-8-15(14)19(13)16(21)18-10-6-9-17(2,3)12-20/h13-15,20H,4-12H2,1-3H3,(H,18,21). The molecule has 21 heavy (non-hydrogen) atoms. The van der Waals surface area contributed by atoms with Gasteiger partial charge >= 0.3 is 6.03 Å². The van der Waals surface area contributed by atoms with Gasteiger partial charge < -0.3 is 15.3 Å². The number of aliphatic hydroxyl groups excluding tert-OH is 1. The Hall–Kier alpha value is -0.770. The fourth-order valence-corrected chi connectivity index (χ4v) is 3.99. The van der Waals surface area contributed by atoms with Gasteiger partial charge in [-0.15, -0.1) is 0 Å². The first-order valence-electron chi connectivity index (χ1n) is 8.61. The molecule has 0 aromatic heterocycles. The third-order valence-corrected chi connectivity index (χ3v) is 5.31. The number of hydrogen-bond acceptors (Lipinski definition) is 2. The van der Waals surface area contributed by atoms with Crippen LogP contribution in [0.4, 0.5) is 4.79 Å². The Balaban J connectivity index is 1.77. The molecule has 2 amide bonds. The van der Waals surface area contributed by atoms with Gasteiger partial charge in [-0.1, -0.05) is 26.7 Å². The average molecular weight is 296 g/mol. The van der Waals surface area contributed by atoms with Crippen LogP contribution in [0.1, 0.15) is 65.7 Å². The van der Waals surface area contributed by atoms with Crippen molar-refractivity contribution in [3.63, 3.8) is 0 Å². The number of fused-ring (bicyclic) bond motifs is 1. The first-order valence-corrected chi connectivity index (χ1v) is 8.61. The van der Waals surface area contributed by atoms with Crippen molar-refractivity contribution >= 4 is 6.03 Å². The van der Waals surface area contributed by atoms with Crippen LogP contribution < -0.4 is 5.32 Å². The SMILES string of the molecule is CC1CC2CCCCC2N1C(=O)NCCCC(C)(C)CO. The van der Waals surface area contributed by atoms with Gasteiger partial charge in [-0.05, 0) is 50.4 Å². The van der Waals surface area contributed by atoms with Crippen molar-refractivity contribution in [1.29, 1.82) is 0 Å². The largest absolute Gasteiger partial charge is 0.396 e. The van der Waals surface area contributed by atoms with Crippen molar-refractivity contribution in [1.82, 2.24) is 10.2 Å². The van der Waals surface area contributed by atoms with Gasteiger partial charge in [-0.25, -0.2) is 4.79 Å². The van der Waals surface area contributed by atoms with E-state index in [4.69, 9.17) is 0 Å². The van der Waals surface area contributed by atoms with E-state index in [0.29, 0.717) is 18.6 Å². The Labute approximate surface area is 129 Å². The van der Waals surface area contributed by atoms with Crippen molar-refractivity contribution in [2.75, 3.05) is 13.2 Å². The van der Waals surface area contributed by atoms with Crippen LogP contribution in [0, 0.1) is 11.3 Å². The number of aliphatic hydroxyl groups is 1. The summed E-state index contributed by atoms with van der Waals surface area (Å²) in [6.45, 7) is 7.22. The molecule has 3 unspecified atom stereocenters. The number of nitrogens with one attached hydrogen (secondary N) is 1. The van der Waals surface area contributed by atoms with Crippen LogP contribution in [-0.4, -0.2) is 41.3 Å². The van der Waals surface area contributed by atoms with Gasteiger partial charge in [0.15, 0.2) is 0 Å². The Morgan fingerprint density at radius 2 is 2.05 bits per heavy atom. The highest BCUT2D eigenvalue weighted by atomic mass is 16.3. The molecule has 2 rings (SSSR count). The number of amides is 2. The summed E-state index contributed by atoms with van der Waals surface area (Å²) in [6.07, 6.45) is 8.11. The molecular formula is C17H32N2O2. The zero-order valence-corrected chi connectivity index (χ0v) is 13.9. The van der Waals surface area contributed by atoms with Gasteiger partial charge in [0.25, 0.3) is 0 Å². The molecule has 2 aliphatic rings. The normalized spacial score (nSPS) is 29.3. The predicted molar refractivity (Wildman–Crippen MR) is 85.2 cm³/mol. The van der Waals surface area contributed by atoms with E-state index in [2.05, 4.69) is 31.0 Å². The lowest BCUT2D eigenvalue weighted by Crippen LogP contribution is -2.48. The van der Waals surface area contributed by atoms with Gasteiger partial charge in [-0.3, -0.25) is 0 Å². The molecule has 1 heterocycles. The number of nitrogens with zero attached hydrogens (tertiary/aromatic N) is 1. The lowest BCUT2D eigenvalue weighted by molar-refractivity contribution is 0.144. The van der Waals surface area contributed by atoms with E-state index >= 15 is 0 Å². The Morgan fingerprint density at radius 1 is 1.33 bits per heavy atom. The highest BCUT2D eigenvalue weighted by Crippen LogP contribution is 2.39. The maximum atomic E-state index is 12.5. The average Bonchev–Trinajstić information content (AvgIpc) is 2.79. The number of urea groups is 1. The van der Waals surface area contributed by atoms with Gasteiger partial charge in [0.1, 0.15) is 0 Å². The van der Waals surface area contributed by atoms with Crippen LogP contribution in [0.25, 0.3) is 0 Å². The van der Waals surface area contributed by atoms with Crippen LogP contribution in [0.2, 0.25) is 0 Å². The van der Waals surface area contributed by atoms with Crippen LogP contribution >= 0.6 is 0 Å². The summed E-state index contributed by atoms with van der Waals surface area (Å²) in [4.78, 5) is 14.6. The molecule has 4 heteroatoms. The zero-order chi connectivity index (χ0) is 15.5. The molecule has 1 saturated carbocycles. The first-order chi connectivity index (χ1) is 9.94. The van der Waals surface area contributed by atoms with E-state index in [9.17, 15) is 9.90 Å². The first kappa shape index (κ1) is 16.6. The second kappa shape index (κ2) is 6.99. The summed E-state index contributed by atoms with van der Waals surface area (Å²) in [5, 5.41) is 12.3. The topological polar surface area (TPSA) is 52.6 Å². The van der Waals surface area contributed by atoms with Crippen molar-refractivity contribution in [2.24, 2.45) is 11.3 Å². The van der Waals surface area contributed by atoms with Crippen LogP contribution in [0.15, 0.2) is 0 Å². The Morgan fingerprint density at radius 3 is 2.76 bits per heavy atom. The molecule has 0 spiro atoms. The number of carbonyl (C=O) groups excluding carboxylic acids is 1. The third-order valence-electron chi connectivity index (χ3n) is 5.31. The fraction of sp³-hybridized carbons (Fsp3) is 0.941. The number of carbonyl (C=O) groups is 1. The lowest BCUT2D eigenvalue weighted by Gasteiger charge is -2.33. The van der Waals surface area contributed by atoms with Gasteiger partial charge in [-0.2, -0.15) is 0 Å². The molecule has 1 saturated heterocycles. The molecule has 3 atom stereocenters. The molecule has 0 aromatic carbocycles. The molecule has 1 aliphatic heterocycles. The molecule has 122 valence electrons. The Kier molecular flexibility index (Phi) is 5.53. The van der Waals surface area contributed by atoms with Crippen molar-refractivity contribution in [2.45, 2.75) is 77.8 Å². The minimum absolute atomic E-state index is 0.0415. The summed E-state index contributed by atoms with van der Waals surface area (Å²) < 4.78 is 0. The van der Waals surface area contributed by atoms with E-state index in [1.807, 2.05) is 0 Å². The second-order valence-electron chi connectivity index (χ2n) is 7.76. The van der Waals surface area contributed by atoms with Gasteiger partial charge in [0, 0.05) is 25.2 Å². The van der Waals surface area contributed by atoms with Gasteiger partial charge in [0.2, 0.25) is 0 Å². The zero-order valence-electron chi connectivity index (χ0n) is 13.9. The van der Waals surface area contributed by atoms with Gasteiger partial charge in [0.05, 0.1) is 0 Å². The van der Waals surface area contributed by atoms with Crippen molar-refractivity contribution < 1.29 is 9.90 Å². The van der Waals surface area contributed by atoms with E-state index in [1.165, 1.54) is 32.1 Å². The highest BCUT2D eigenvalue weighted by Gasteiger charge is 2.42. The molecule has 1 aliphatic carbocycles. The van der Waals surface area contributed by atoms with E-state index in [1.54, 1.807) is 0 Å². The molecule has 0 bridgehead atoms. The maximum Gasteiger partial charge on any atom is 0.317 e. The fourth-order valence-electron chi connectivity index (χ4n) is 3.99. The predicted octanol–water partition coefficient (Wildman–Crippen LogP) is 3.15. The monoisotopic (exact) mass is 296 g/mol. The van der Waals surface area contributed by atoms with Crippen LogP contribution in [-0.2, 0) is 0 Å². The maximum absolute atomic E-state index is 12.5. The van der Waals surface area contributed by atoms with Crippen molar-refractivity contribution in [3.05, 3.63) is 0 Å². The molecule has 2 N–H and O–H groups in total. The summed E-state index contributed by atoms with van der Waals surface area (Å²) >= 11 is 0. The molecule has 0 radical (unpaired) electrons. The Bertz CT molecular complexity index is 357. The minimum Gasteiger partial charge on any atom is -0.396 e. The summed E-state index contributed by atoms with van der Waals surface area (Å²) in [5.41, 5.74) is -0.0415. The highest BCUT2D eigenvalue weighted by molar-refractivity contribution is 5.75. The molecule has 4 nitrogen and oxygen atoms in total. The molecule has 0 aromatic rings. The number of rotatable bonds is 5. The van der Waals surface area contributed by atoms with E-state index in [-0.39, 0.29) is 18.1 Å². The van der Waals surface area contributed by atoms with E-state index < -0.39 is 0 Å². The number of hydrogen-bond donors (Lipinski definition) is 2. The minimum atomic E-state index is -0.0415. The second-order valence-corrected chi connectivity index (χ2v) is 7.76. The molecule has 2 fully saturated rings. The van der Waals surface area contributed by atoms with Crippen LogP contribution in [0.3, 0.4) is 0 Å². The third kappa shape index (κ3) is 4.12. The lowest BCUT2D eigenvalue weighted by atomic mass is 9.85.